The van der Waals surface area contributed by atoms with Gasteiger partial charge in [0.25, 0.3) is 0 Å². The smallest absolute Gasteiger partial charge is 0.0844 e. The van der Waals surface area contributed by atoms with Gasteiger partial charge in [0.15, 0.2) is 0 Å². The van der Waals surface area contributed by atoms with Crippen molar-refractivity contribution in [2.45, 2.75) is 6.42 Å². The molecule has 0 aliphatic heterocycles. The molecule has 1 aliphatic rings. The normalized spacial score (nSPS) is 14.0. The van der Waals surface area contributed by atoms with Crippen LogP contribution < -0.4 is 0 Å². The Bertz CT molecular complexity index is 26.3. The van der Waals surface area contributed by atoms with Crippen molar-refractivity contribution in [1.29, 1.82) is 0 Å². The Hall–Kier alpha value is 0.506. The Morgan fingerprint density at radius 1 is 1.25 bits per heavy atom. The number of allylic oxidation sites excluding steroid dienone is 2. The molecule has 0 unspecified atom stereocenters. The number of rotatable bonds is 0. The lowest BCUT2D eigenvalue weighted by atomic mass is 10.9. The molecule has 0 fully saturated rings. The Balaban J connectivity index is 0.0000000900. The van der Waals surface area contributed by atoms with E-state index in [1.807, 2.05) is 0 Å². The predicted molar refractivity (Wildman–Crippen MR) is 22.3 cm³/mol. The molecule has 0 aromatic carbocycles. The van der Waals surface area contributed by atoms with E-state index in [0.717, 1.165) is 0 Å². The van der Waals surface area contributed by atoms with Gasteiger partial charge in [0.05, 0.1) is 0 Å². The van der Waals surface area contributed by atoms with Gasteiger partial charge in [-0.3, -0.25) is 0 Å². The molecule has 0 atom stereocenters. The summed E-state index contributed by atoms with van der Waals surface area (Å²) in [5.74, 6) is 0. The zero-order chi connectivity index (χ0) is 2.12. The highest BCUT2D eigenvalue weighted by Gasteiger charge is 1.75. The fraction of sp³-hybridized carbons (Fsp3) is 0.333. The van der Waals surface area contributed by atoms with Crippen LogP contribution in [0.1, 0.15) is 6.42 Å². The number of hydrogen-bond donors (Lipinski definition) is 0. The summed E-state index contributed by atoms with van der Waals surface area (Å²) in [6, 6.07) is 0. The summed E-state index contributed by atoms with van der Waals surface area (Å²) in [5.41, 5.74) is 0. The molecule has 1 rings (SSSR count). The molecular weight excluding hydrogens is 60.3 g/mol. The standard InChI is InChI=1S/C3H4.Mg.2H/c1-2-3-1;;;/h1-2H,3H2;;;. The summed E-state index contributed by atoms with van der Waals surface area (Å²) in [6.45, 7) is 0. The molecule has 0 bridgehead atoms. The van der Waals surface area contributed by atoms with Gasteiger partial charge in [0.2, 0.25) is 0 Å². The first kappa shape index (κ1) is 4.51. The van der Waals surface area contributed by atoms with E-state index in [9.17, 15) is 0 Å². The van der Waals surface area contributed by atoms with Crippen molar-refractivity contribution in [3.63, 3.8) is 0 Å². The van der Waals surface area contributed by atoms with Crippen LogP contribution in [0.5, 0.6) is 0 Å². The second kappa shape index (κ2) is 1.79. The zero-order valence-electron chi connectivity index (χ0n) is 1.86. The molecule has 1 heteroatoms. The van der Waals surface area contributed by atoms with Crippen LogP contribution in [0.2, 0.25) is 0 Å². The lowest BCUT2D eigenvalue weighted by Gasteiger charge is -1.15. The second-order valence-corrected chi connectivity index (χ2v) is 0.707. The van der Waals surface area contributed by atoms with Gasteiger partial charge in [-0.1, -0.05) is 12.2 Å². The van der Waals surface area contributed by atoms with Gasteiger partial charge in [0.1, 0.15) is 0 Å². The average molecular weight is 66.4 g/mol. The Morgan fingerprint density at radius 3 is 1.50 bits per heavy atom. The van der Waals surface area contributed by atoms with Crippen LogP contribution in [0.15, 0.2) is 12.2 Å². The Labute approximate surface area is 42.0 Å². The lowest BCUT2D eigenvalue weighted by molar-refractivity contribution is 1.71. The van der Waals surface area contributed by atoms with E-state index in [1.54, 1.807) is 0 Å². The topological polar surface area (TPSA) is 0 Å². The van der Waals surface area contributed by atoms with Gasteiger partial charge in [-0.15, -0.1) is 0 Å². The monoisotopic (exact) mass is 66.0 g/mol. The maximum Gasteiger partial charge on any atom is 0.316 e. The first-order chi connectivity index (χ1) is 1.50. The lowest BCUT2D eigenvalue weighted by Crippen LogP contribution is -0.956. The summed E-state index contributed by atoms with van der Waals surface area (Å²) in [5, 5.41) is 0. The van der Waals surface area contributed by atoms with Crippen LogP contribution in [-0.4, -0.2) is 23.1 Å². The molecule has 0 aromatic heterocycles. The minimum Gasteiger partial charge on any atom is -0.0844 e. The van der Waals surface area contributed by atoms with Crippen molar-refractivity contribution < 1.29 is 0 Å². The van der Waals surface area contributed by atoms with E-state index in [-0.39, 0.29) is 23.1 Å². The third-order valence-corrected chi connectivity index (χ3v) is 0.236. The molecule has 4 heavy (non-hydrogen) atoms. The minimum absolute atomic E-state index is 0. The summed E-state index contributed by atoms with van der Waals surface area (Å²) >= 11 is 0. The SMILES string of the molecule is C1=CC1.[MgH2]. The zero-order valence-corrected chi connectivity index (χ0v) is 1.86. The highest BCUT2D eigenvalue weighted by molar-refractivity contribution is 5.75. The van der Waals surface area contributed by atoms with E-state index >= 15 is 0 Å². The van der Waals surface area contributed by atoms with Crippen molar-refractivity contribution >= 4 is 23.1 Å². The van der Waals surface area contributed by atoms with Crippen molar-refractivity contribution in [2.24, 2.45) is 0 Å². The molecule has 0 saturated heterocycles. The van der Waals surface area contributed by atoms with E-state index in [1.165, 1.54) is 6.42 Å². The summed E-state index contributed by atoms with van der Waals surface area (Å²) in [7, 11) is 0. The molecule has 1 aliphatic carbocycles. The highest BCUT2D eigenvalue weighted by atomic mass is 24.3. The van der Waals surface area contributed by atoms with E-state index in [2.05, 4.69) is 12.2 Å². The van der Waals surface area contributed by atoms with Crippen molar-refractivity contribution in [3.8, 4) is 0 Å². The molecule has 0 spiro atoms. The maximum atomic E-state index is 2.12. The van der Waals surface area contributed by atoms with Gasteiger partial charge in [0, 0.05) is 0 Å². The van der Waals surface area contributed by atoms with Crippen molar-refractivity contribution in [1.82, 2.24) is 0 Å². The molecule has 0 amide bonds. The Kier molecular flexibility index (Phi) is 2.02. The second-order valence-electron chi connectivity index (χ2n) is 0.707. The van der Waals surface area contributed by atoms with E-state index in [4.69, 9.17) is 0 Å². The van der Waals surface area contributed by atoms with Crippen molar-refractivity contribution in [2.75, 3.05) is 0 Å². The molecule has 0 aromatic rings. The van der Waals surface area contributed by atoms with Gasteiger partial charge in [-0.2, -0.15) is 0 Å². The first-order valence-corrected chi connectivity index (χ1v) is 1.15. The largest absolute Gasteiger partial charge is 0.316 e. The van der Waals surface area contributed by atoms with Crippen LogP contribution in [0.25, 0.3) is 0 Å². The third kappa shape index (κ3) is 2.51. The highest BCUT2D eigenvalue weighted by Crippen LogP contribution is 1.96. The third-order valence-electron chi connectivity index (χ3n) is 0.236. The Morgan fingerprint density at radius 2 is 1.50 bits per heavy atom. The van der Waals surface area contributed by atoms with Crippen LogP contribution in [0, 0.1) is 0 Å². The van der Waals surface area contributed by atoms with Crippen LogP contribution in [-0.2, 0) is 0 Å². The van der Waals surface area contributed by atoms with Crippen LogP contribution >= 0.6 is 0 Å². The summed E-state index contributed by atoms with van der Waals surface area (Å²) in [4.78, 5) is 0. The molecule has 20 valence electrons. The van der Waals surface area contributed by atoms with Crippen LogP contribution in [0.3, 0.4) is 0 Å². The first-order valence-electron chi connectivity index (χ1n) is 1.15. The van der Waals surface area contributed by atoms with Gasteiger partial charge >= 0.3 is 23.1 Å². The van der Waals surface area contributed by atoms with Gasteiger partial charge in [-0.25, -0.2) is 0 Å². The van der Waals surface area contributed by atoms with Crippen LogP contribution in [0.4, 0.5) is 0 Å². The van der Waals surface area contributed by atoms with Crippen molar-refractivity contribution in [3.05, 3.63) is 12.2 Å². The summed E-state index contributed by atoms with van der Waals surface area (Å²) < 4.78 is 0. The summed E-state index contributed by atoms with van der Waals surface area (Å²) in [6.07, 6.45) is 5.50. The molecule has 0 radical (unpaired) electrons. The predicted octanol–water partition coefficient (Wildman–Crippen LogP) is 0.0301. The van der Waals surface area contributed by atoms with Gasteiger partial charge in [-0.05, 0) is 6.42 Å². The fourth-order valence-corrected chi connectivity index (χ4v) is 0. The minimum atomic E-state index is 0. The van der Waals surface area contributed by atoms with E-state index in [0.29, 0.717) is 0 Å². The molecular formula is C3H6Mg. The molecule has 0 nitrogen and oxygen atoms in total. The van der Waals surface area contributed by atoms with Gasteiger partial charge < -0.3 is 0 Å². The number of hydrogen-bond acceptors (Lipinski definition) is 0. The quantitative estimate of drug-likeness (QED) is 0.276. The average Bonchev–Trinajstić information content (AvgIpc) is 1.46. The molecule has 0 saturated carbocycles. The van der Waals surface area contributed by atoms with E-state index < -0.39 is 0 Å². The molecule has 0 heterocycles. The molecule has 0 N–H and O–H groups in total. The fourth-order valence-electron chi connectivity index (χ4n) is 0. The maximum absolute atomic E-state index is 2.12.